The molecule has 0 bridgehead atoms. The van der Waals surface area contributed by atoms with Gasteiger partial charge in [-0.25, -0.2) is 0 Å². The maximum absolute atomic E-state index is 13.5. The molecule has 0 aliphatic carbocycles. The second-order valence-corrected chi connectivity index (χ2v) is 10.3. The minimum atomic E-state index is -1.15. The molecule has 1 aromatic heterocycles. The number of hydrogen-bond acceptors (Lipinski definition) is 5. The molecule has 0 saturated carbocycles. The monoisotopic (exact) mass is 506 g/mol. The van der Waals surface area contributed by atoms with Crippen molar-refractivity contribution in [1.29, 1.82) is 0 Å². The smallest absolute Gasteiger partial charge is 0.244 e. The van der Waals surface area contributed by atoms with Crippen molar-refractivity contribution in [3.63, 3.8) is 0 Å². The van der Waals surface area contributed by atoms with E-state index in [1.165, 1.54) is 0 Å². The largest absolute Gasteiger partial charge is 0.342 e. The van der Waals surface area contributed by atoms with E-state index in [9.17, 15) is 14.4 Å². The summed E-state index contributed by atoms with van der Waals surface area (Å²) >= 11 is 1.59. The van der Waals surface area contributed by atoms with Crippen molar-refractivity contribution in [2.75, 3.05) is 0 Å². The van der Waals surface area contributed by atoms with Gasteiger partial charge in [0.15, 0.2) is 0 Å². The number of allylic oxidation sites excluding steroid dienone is 1. The lowest BCUT2D eigenvalue weighted by atomic mass is 9.96. The fourth-order valence-electron chi connectivity index (χ4n) is 4.01. The molecular weight excluding hydrogens is 472 g/mol. The van der Waals surface area contributed by atoms with E-state index in [1.54, 1.807) is 25.2 Å². The van der Waals surface area contributed by atoms with Crippen molar-refractivity contribution in [2.45, 2.75) is 58.3 Å². The number of thiophene rings is 1. The summed E-state index contributed by atoms with van der Waals surface area (Å²) in [5.74, 6) is -0.835. The number of amides is 3. The first-order valence-electron chi connectivity index (χ1n) is 11.9. The summed E-state index contributed by atoms with van der Waals surface area (Å²) in [6.45, 7) is 7.13. The Morgan fingerprint density at radius 1 is 1.08 bits per heavy atom. The fourth-order valence-corrected chi connectivity index (χ4v) is 4.98. The summed E-state index contributed by atoms with van der Waals surface area (Å²) in [5.41, 5.74) is 8.93. The number of hydrogen-bond donors (Lipinski definition) is 4. The Morgan fingerprint density at radius 3 is 2.44 bits per heavy atom. The SMILES string of the molecule is C/C=C(/C[C@H](NC=O)NC(=O)[C@@H](Cc1csc2ccccc12)NC(=O)C(C)(C)N)c1ccccc1C. The lowest BCUT2D eigenvalue weighted by Gasteiger charge is -2.26. The molecule has 0 aliphatic rings. The third-order valence-corrected chi connectivity index (χ3v) is 7.05. The van der Waals surface area contributed by atoms with Crippen LogP contribution in [0.1, 0.15) is 43.9 Å². The first-order valence-corrected chi connectivity index (χ1v) is 12.8. The van der Waals surface area contributed by atoms with Crippen LogP contribution in [-0.4, -0.2) is 36.0 Å². The molecule has 2 atom stereocenters. The molecule has 3 aromatic rings. The van der Waals surface area contributed by atoms with E-state index in [0.29, 0.717) is 19.3 Å². The minimum Gasteiger partial charge on any atom is -0.342 e. The van der Waals surface area contributed by atoms with Crippen LogP contribution in [0.5, 0.6) is 0 Å². The predicted octanol–water partition coefficient (Wildman–Crippen LogP) is 3.66. The van der Waals surface area contributed by atoms with Gasteiger partial charge in [-0.1, -0.05) is 48.5 Å². The van der Waals surface area contributed by atoms with Crippen LogP contribution in [0.25, 0.3) is 15.7 Å². The lowest BCUT2D eigenvalue weighted by molar-refractivity contribution is -0.131. The van der Waals surface area contributed by atoms with Gasteiger partial charge in [-0.2, -0.15) is 0 Å². The number of benzene rings is 2. The summed E-state index contributed by atoms with van der Waals surface area (Å²) in [4.78, 5) is 37.6. The van der Waals surface area contributed by atoms with E-state index in [4.69, 9.17) is 5.73 Å². The molecule has 0 radical (unpaired) electrons. The predicted molar refractivity (Wildman–Crippen MR) is 146 cm³/mol. The number of aryl methyl sites for hydroxylation is 1. The van der Waals surface area contributed by atoms with Gasteiger partial charge in [-0.3, -0.25) is 14.4 Å². The topological polar surface area (TPSA) is 113 Å². The van der Waals surface area contributed by atoms with E-state index >= 15 is 0 Å². The standard InChI is InChI=1S/C28H34N4O3S/c1-5-19(21-11-7-6-10-18(21)2)15-25(30-17-33)32-26(34)23(31-27(35)28(3,4)29)14-20-16-36-24-13-9-8-12-22(20)24/h5-13,16-17,23,25H,14-15,29H2,1-4H3,(H,30,33)(H,31,35)(H,32,34)/b19-5-/t23-,25-/m1/s1. The zero-order valence-electron chi connectivity index (χ0n) is 21.1. The third kappa shape index (κ3) is 6.80. The molecule has 7 nitrogen and oxygen atoms in total. The second-order valence-electron chi connectivity index (χ2n) is 9.39. The summed E-state index contributed by atoms with van der Waals surface area (Å²) in [7, 11) is 0. The summed E-state index contributed by atoms with van der Waals surface area (Å²) in [5, 5.41) is 11.5. The quantitative estimate of drug-likeness (QED) is 0.235. The van der Waals surface area contributed by atoms with E-state index in [0.717, 1.165) is 32.3 Å². The molecule has 190 valence electrons. The highest BCUT2D eigenvalue weighted by Crippen LogP contribution is 2.27. The van der Waals surface area contributed by atoms with E-state index in [1.807, 2.05) is 73.8 Å². The van der Waals surface area contributed by atoms with Gasteiger partial charge >= 0.3 is 0 Å². The van der Waals surface area contributed by atoms with Crippen LogP contribution in [0.4, 0.5) is 0 Å². The molecule has 0 fully saturated rings. The molecule has 36 heavy (non-hydrogen) atoms. The van der Waals surface area contributed by atoms with Gasteiger partial charge in [0.2, 0.25) is 18.2 Å². The van der Waals surface area contributed by atoms with Crippen LogP contribution < -0.4 is 21.7 Å². The maximum atomic E-state index is 13.5. The molecule has 8 heteroatoms. The van der Waals surface area contributed by atoms with Crippen LogP contribution in [0, 0.1) is 6.92 Å². The molecule has 3 rings (SSSR count). The van der Waals surface area contributed by atoms with Gasteiger partial charge in [-0.05, 0) is 66.8 Å². The highest BCUT2D eigenvalue weighted by Gasteiger charge is 2.30. The Labute approximate surface area is 216 Å². The molecule has 2 aromatic carbocycles. The maximum Gasteiger partial charge on any atom is 0.244 e. The molecule has 0 saturated heterocycles. The van der Waals surface area contributed by atoms with Crippen LogP contribution >= 0.6 is 11.3 Å². The third-order valence-electron chi connectivity index (χ3n) is 6.04. The van der Waals surface area contributed by atoms with E-state index < -0.39 is 29.6 Å². The van der Waals surface area contributed by atoms with Crippen molar-refractivity contribution in [2.24, 2.45) is 5.73 Å². The fraction of sp³-hybridized carbons (Fsp3) is 0.321. The van der Waals surface area contributed by atoms with Gasteiger partial charge in [0.05, 0.1) is 5.54 Å². The first-order chi connectivity index (χ1) is 17.1. The highest BCUT2D eigenvalue weighted by molar-refractivity contribution is 7.17. The summed E-state index contributed by atoms with van der Waals surface area (Å²) < 4.78 is 1.11. The van der Waals surface area contributed by atoms with Gasteiger partial charge in [0, 0.05) is 17.5 Å². The van der Waals surface area contributed by atoms with Crippen molar-refractivity contribution in [3.05, 3.63) is 76.7 Å². The first kappa shape index (κ1) is 27.1. The Morgan fingerprint density at radius 2 is 1.78 bits per heavy atom. The molecule has 0 aliphatic heterocycles. The Hall–Kier alpha value is -3.49. The van der Waals surface area contributed by atoms with Gasteiger partial charge < -0.3 is 21.7 Å². The van der Waals surface area contributed by atoms with Crippen LogP contribution in [0.15, 0.2) is 60.0 Å². The van der Waals surface area contributed by atoms with E-state index in [-0.39, 0.29) is 0 Å². The average Bonchev–Trinajstić information content (AvgIpc) is 3.25. The van der Waals surface area contributed by atoms with Crippen LogP contribution in [0.2, 0.25) is 0 Å². The van der Waals surface area contributed by atoms with Crippen molar-refractivity contribution >= 4 is 45.2 Å². The van der Waals surface area contributed by atoms with Crippen molar-refractivity contribution in [3.8, 4) is 0 Å². The molecule has 0 unspecified atom stereocenters. The lowest BCUT2D eigenvalue weighted by Crippen LogP contribution is -2.58. The van der Waals surface area contributed by atoms with Gasteiger partial charge in [0.1, 0.15) is 12.2 Å². The zero-order chi connectivity index (χ0) is 26.3. The number of nitrogens with two attached hydrogens (primary N) is 1. The summed E-state index contributed by atoms with van der Waals surface area (Å²) in [6, 6.07) is 15.0. The number of nitrogens with one attached hydrogen (secondary N) is 3. The zero-order valence-corrected chi connectivity index (χ0v) is 21.9. The Bertz CT molecular complexity index is 1260. The molecule has 1 heterocycles. The van der Waals surface area contributed by atoms with Gasteiger partial charge in [0.25, 0.3) is 0 Å². The number of carbonyl (C=O) groups excluding carboxylic acids is 3. The molecule has 5 N–H and O–H groups in total. The van der Waals surface area contributed by atoms with Crippen LogP contribution in [-0.2, 0) is 20.8 Å². The molecule has 0 spiro atoms. The van der Waals surface area contributed by atoms with Crippen molar-refractivity contribution < 1.29 is 14.4 Å². The number of carbonyl (C=O) groups is 3. The molecule has 3 amide bonds. The van der Waals surface area contributed by atoms with Crippen LogP contribution in [0.3, 0.4) is 0 Å². The average molecular weight is 507 g/mol. The molecular formula is C28H34N4O3S. The number of fused-ring (bicyclic) bond motifs is 1. The minimum absolute atomic E-state index is 0.291. The van der Waals surface area contributed by atoms with Crippen molar-refractivity contribution in [1.82, 2.24) is 16.0 Å². The normalized spacial score (nSPS) is 13.6. The second kappa shape index (κ2) is 12.0. The van der Waals surface area contributed by atoms with E-state index in [2.05, 4.69) is 16.0 Å². The Kier molecular flexibility index (Phi) is 9.01. The highest BCUT2D eigenvalue weighted by atomic mass is 32.1. The number of rotatable bonds is 11. The van der Waals surface area contributed by atoms with Gasteiger partial charge in [-0.15, -0.1) is 11.3 Å². The summed E-state index contributed by atoms with van der Waals surface area (Å²) in [6.07, 6.45) is 2.56. The Balaban J connectivity index is 1.84.